The van der Waals surface area contributed by atoms with Crippen molar-refractivity contribution in [1.29, 1.82) is 0 Å². The van der Waals surface area contributed by atoms with Gasteiger partial charge in [0.2, 0.25) is 0 Å². The molecule has 5 heteroatoms. The first-order valence-electron chi connectivity index (χ1n) is 6.62. The minimum atomic E-state index is -2.86. The van der Waals surface area contributed by atoms with Gasteiger partial charge in [0.05, 0.1) is 11.5 Å². The number of sulfone groups is 1. The molecule has 0 aliphatic carbocycles. The number of hydrogen-bond donors (Lipinski definition) is 1. The Kier molecular flexibility index (Phi) is 4.04. The van der Waals surface area contributed by atoms with Crippen molar-refractivity contribution in [1.82, 2.24) is 0 Å². The fourth-order valence-corrected chi connectivity index (χ4v) is 4.19. The van der Waals surface area contributed by atoms with E-state index in [1.54, 1.807) is 0 Å². The molecular formula is C14H22N2O2S. The van der Waals surface area contributed by atoms with E-state index in [4.69, 9.17) is 0 Å². The second-order valence-corrected chi connectivity index (χ2v) is 7.72. The van der Waals surface area contributed by atoms with E-state index in [2.05, 4.69) is 29.3 Å². The predicted molar refractivity (Wildman–Crippen MR) is 80.8 cm³/mol. The summed E-state index contributed by atoms with van der Waals surface area (Å²) < 4.78 is 23.3. The van der Waals surface area contributed by atoms with Crippen molar-refractivity contribution in [2.24, 2.45) is 0 Å². The number of rotatable bonds is 3. The molecule has 1 atom stereocenters. The molecule has 0 spiro atoms. The number of anilines is 2. The highest BCUT2D eigenvalue weighted by Crippen LogP contribution is 2.24. The Bertz CT molecular complexity index is 553. The minimum absolute atomic E-state index is 0.0384. The van der Waals surface area contributed by atoms with E-state index >= 15 is 0 Å². The molecule has 1 aliphatic heterocycles. The maximum Gasteiger partial charge on any atom is 0.152 e. The summed E-state index contributed by atoms with van der Waals surface area (Å²) >= 11 is 0. The maximum atomic E-state index is 11.6. The van der Waals surface area contributed by atoms with Gasteiger partial charge in [-0.1, -0.05) is 6.07 Å². The fraction of sp³-hybridized carbons (Fsp3) is 0.571. The third-order valence-electron chi connectivity index (χ3n) is 3.52. The summed E-state index contributed by atoms with van der Waals surface area (Å²) in [4.78, 5) is 2.07. The summed E-state index contributed by atoms with van der Waals surface area (Å²) in [5.74, 6) is 0.584. The van der Waals surface area contributed by atoms with Crippen LogP contribution in [0.1, 0.15) is 18.4 Å². The molecule has 0 bridgehead atoms. The van der Waals surface area contributed by atoms with Crippen molar-refractivity contribution in [2.45, 2.75) is 25.8 Å². The van der Waals surface area contributed by atoms with E-state index in [1.165, 1.54) is 5.56 Å². The highest BCUT2D eigenvalue weighted by atomic mass is 32.2. The van der Waals surface area contributed by atoms with E-state index in [9.17, 15) is 8.42 Å². The van der Waals surface area contributed by atoms with Crippen LogP contribution in [-0.2, 0) is 9.84 Å². The van der Waals surface area contributed by atoms with Crippen LogP contribution >= 0.6 is 0 Å². The van der Waals surface area contributed by atoms with Crippen LogP contribution in [0.15, 0.2) is 18.2 Å². The quantitative estimate of drug-likeness (QED) is 0.922. The molecule has 0 saturated carbocycles. The lowest BCUT2D eigenvalue weighted by atomic mass is 10.1. The summed E-state index contributed by atoms with van der Waals surface area (Å²) in [5, 5.41) is 3.35. The van der Waals surface area contributed by atoms with Crippen LogP contribution in [0.5, 0.6) is 0 Å². The molecule has 0 radical (unpaired) electrons. The first-order valence-corrected chi connectivity index (χ1v) is 8.44. The molecule has 1 saturated heterocycles. The highest BCUT2D eigenvalue weighted by molar-refractivity contribution is 7.91. The van der Waals surface area contributed by atoms with Gasteiger partial charge in [0.15, 0.2) is 9.84 Å². The summed E-state index contributed by atoms with van der Waals surface area (Å²) in [7, 11) is 1.16. The molecule has 1 fully saturated rings. The summed E-state index contributed by atoms with van der Waals surface area (Å²) in [6, 6.07) is 6.20. The normalized spacial score (nSPS) is 21.9. The topological polar surface area (TPSA) is 49.4 Å². The zero-order chi connectivity index (χ0) is 14.0. The van der Waals surface area contributed by atoms with Gasteiger partial charge in [0.1, 0.15) is 0 Å². The molecule has 2 rings (SSSR count). The second kappa shape index (κ2) is 5.41. The van der Waals surface area contributed by atoms with E-state index in [1.807, 2.05) is 20.2 Å². The van der Waals surface area contributed by atoms with Crippen molar-refractivity contribution in [3.63, 3.8) is 0 Å². The number of nitrogens with zero attached hydrogens (tertiary/aromatic N) is 1. The lowest BCUT2D eigenvalue weighted by Gasteiger charge is -2.25. The van der Waals surface area contributed by atoms with Crippen molar-refractivity contribution in [3.8, 4) is 0 Å². The molecular weight excluding hydrogens is 260 g/mol. The van der Waals surface area contributed by atoms with Gasteiger partial charge in [0, 0.05) is 31.5 Å². The third-order valence-corrected chi connectivity index (χ3v) is 5.35. The van der Waals surface area contributed by atoms with Gasteiger partial charge < -0.3 is 10.2 Å². The van der Waals surface area contributed by atoms with Crippen LogP contribution in [0.4, 0.5) is 11.4 Å². The lowest BCUT2D eigenvalue weighted by molar-refractivity contribution is 0.562. The molecule has 1 N–H and O–H groups in total. The molecule has 1 aromatic rings. The molecule has 1 aromatic carbocycles. The number of aryl methyl sites for hydroxylation is 1. The van der Waals surface area contributed by atoms with Crippen LogP contribution in [-0.4, -0.2) is 40.1 Å². The molecule has 1 aliphatic rings. The molecule has 4 nitrogen and oxygen atoms in total. The molecule has 0 amide bonds. The Morgan fingerprint density at radius 3 is 2.68 bits per heavy atom. The van der Waals surface area contributed by atoms with Gasteiger partial charge in [-0.05, 0) is 37.5 Å². The largest absolute Gasteiger partial charge is 0.381 e. The second-order valence-electron chi connectivity index (χ2n) is 5.49. The van der Waals surface area contributed by atoms with Gasteiger partial charge in [-0.2, -0.15) is 0 Å². The van der Waals surface area contributed by atoms with Crippen molar-refractivity contribution < 1.29 is 8.42 Å². The molecule has 1 heterocycles. The van der Waals surface area contributed by atoms with Crippen LogP contribution < -0.4 is 10.2 Å². The van der Waals surface area contributed by atoms with E-state index < -0.39 is 9.84 Å². The van der Waals surface area contributed by atoms with E-state index in [0.717, 1.165) is 24.2 Å². The smallest absolute Gasteiger partial charge is 0.152 e. The standard InChI is InChI=1S/C14H22N2O2S/c1-11-6-7-12(9-14(11)16(2)3)15-13-5-4-8-19(17,18)10-13/h6-7,9,13,15H,4-5,8,10H2,1-3H3. The van der Waals surface area contributed by atoms with Crippen LogP contribution in [0, 0.1) is 6.92 Å². The van der Waals surface area contributed by atoms with E-state index in [-0.39, 0.29) is 11.8 Å². The van der Waals surface area contributed by atoms with E-state index in [0.29, 0.717) is 5.75 Å². The zero-order valence-corrected chi connectivity index (χ0v) is 12.6. The molecule has 106 valence electrons. The van der Waals surface area contributed by atoms with Gasteiger partial charge in [-0.25, -0.2) is 8.42 Å². The Morgan fingerprint density at radius 1 is 1.32 bits per heavy atom. The summed E-state index contributed by atoms with van der Waals surface area (Å²) in [6.45, 7) is 2.07. The first-order chi connectivity index (χ1) is 8.87. The minimum Gasteiger partial charge on any atom is -0.381 e. The molecule has 0 aromatic heterocycles. The zero-order valence-electron chi connectivity index (χ0n) is 11.8. The number of nitrogens with one attached hydrogen (secondary N) is 1. The predicted octanol–water partition coefficient (Wildman–Crippen LogP) is 2.05. The van der Waals surface area contributed by atoms with Crippen LogP contribution in [0.25, 0.3) is 0 Å². The maximum absolute atomic E-state index is 11.6. The average molecular weight is 282 g/mol. The average Bonchev–Trinajstić information content (AvgIpc) is 2.30. The Labute approximate surface area is 115 Å². The number of benzene rings is 1. The van der Waals surface area contributed by atoms with Crippen LogP contribution in [0.2, 0.25) is 0 Å². The molecule has 1 unspecified atom stereocenters. The monoisotopic (exact) mass is 282 g/mol. The fourth-order valence-electron chi connectivity index (χ4n) is 2.55. The van der Waals surface area contributed by atoms with Gasteiger partial charge in [-0.3, -0.25) is 0 Å². The van der Waals surface area contributed by atoms with Crippen molar-refractivity contribution in [3.05, 3.63) is 23.8 Å². The van der Waals surface area contributed by atoms with Crippen molar-refractivity contribution >= 4 is 21.2 Å². The lowest BCUT2D eigenvalue weighted by Crippen LogP contribution is -2.34. The first kappa shape index (κ1) is 14.2. The summed E-state index contributed by atoms with van der Waals surface area (Å²) in [6.07, 6.45) is 1.68. The van der Waals surface area contributed by atoms with Crippen LogP contribution in [0.3, 0.4) is 0 Å². The SMILES string of the molecule is Cc1ccc(NC2CCCS(=O)(=O)C2)cc1N(C)C. The van der Waals surface area contributed by atoms with Gasteiger partial charge in [-0.15, -0.1) is 0 Å². The third kappa shape index (κ3) is 3.62. The van der Waals surface area contributed by atoms with Gasteiger partial charge >= 0.3 is 0 Å². The summed E-state index contributed by atoms with van der Waals surface area (Å²) in [5.41, 5.74) is 3.37. The Balaban J connectivity index is 2.13. The highest BCUT2D eigenvalue weighted by Gasteiger charge is 2.24. The van der Waals surface area contributed by atoms with Gasteiger partial charge in [0.25, 0.3) is 0 Å². The Morgan fingerprint density at radius 2 is 2.05 bits per heavy atom. The Hall–Kier alpha value is -1.23. The van der Waals surface area contributed by atoms with Crippen molar-refractivity contribution in [2.75, 3.05) is 35.8 Å². The number of hydrogen-bond acceptors (Lipinski definition) is 4. The molecule has 19 heavy (non-hydrogen) atoms.